The number of hydrogen-bond acceptors (Lipinski definition) is 6. The normalized spacial score (nSPS) is 16.0. The summed E-state index contributed by atoms with van der Waals surface area (Å²) in [7, 11) is 0. The predicted molar refractivity (Wildman–Crippen MR) is 103 cm³/mol. The first kappa shape index (κ1) is 19.1. The second-order valence-electron chi connectivity index (χ2n) is 7.28. The number of hydrogen-bond donors (Lipinski definition) is 0. The van der Waals surface area contributed by atoms with Crippen LogP contribution < -0.4 is 5.56 Å². The Morgan fingerprint density at radius 3 is 2.52 bits per heavy atom. The van der Waals surface area contributed by atoms with E-state index in [0.29, 0.717) is 43.6 Å². The Bertz CT molecular complexity index is 1050. The first-order chi connectivity index (χ1) is 13.9. The molecule has 1 saturated heterocycles. The minimum Gasteiger partial charge on any atom is -0.452 e. The number of ether oxygens (including phenoxy) is 1. The molecule has 0 aliphatic carbocycles. The average molecular weight is 398 g/mol. The Labute approximate surface area is 166 Å². The van der Waals surface area contributed by atoms with Crippen LogP contribution in [0.5, 0.6) is 0 Å². The molecule has 1 fully saturated rings. The Balaban J connectivity index is 1.40. The summed E-state index contributed by atoms with van der Waals surface area (Å²) < 4.78 is 6.84. The molecule has 1 aromatic carbocycles. The van der Waals surface area contributed by atoms with Crippen molar-refractivity contribution in [3.05, 3.63) is 39.9 Å². The number of aromatic nitrogens is 2. The van der Waals surface area contributed by atoms with E-state index in [1.54, 1.807) is 20.4 Å². The van der Waals surface area contributed by atoms with Gasteiger partial charge in [-0.1, -0.05) is 0 Å². The molecule has 152 valence electrons. The van der Waals surface area contributed by atoms with Gasteiger partial charge in [0, 0.05) is 46.1 Å². The Hall–Kier alpha value is -3.23. The number of carbonyl (C=O) groups excluding carboxylic acids is 3. The van der Waals surface area contributed by atoms with Crippen molar-refractivity contribution in [2.45, 2.75) is 26.3 Å². The molecule has 0 unspecified atom stereocenters. The molecule has 9 nitrogen and oxygen atoms in total. The molecule has 2 aromatic rings. The molecule has 0 radical (unpaired) electrons. The molecule has 0 atom stereocenters. The van der Waals surface area contributed by atoms with Crippen LogP contribution in [0.1, 0.15) is 29.5 Å². The van der Waals surface area contributed by atoms with Gasteiger partial charge in [0.25, 0.3) is 11.5 Å². The van der Waals surface area contributed by atoms with E-state index < -0.39 is 5.97 Å². The van der Waals surface area contributed by atoms with Crippen molar-refractivity contribution in [3.63, 3.8) is 0 Å². The number of carbonyl (C=O) groups is 3. The van der Waals surface area contributed by atoms with Crippen LogP contribution in [0.15, 0.2) is 23.0 Å². The smallest absolute Gasteiger partial charge is 0.338 e. The van der Waals surface area contributed by atoms with Gasteiger partial charge in [0.2, 0.25) is 5.91 Å². The minimum atomic E-state index is -0.634. The molecule has 0 spiro atoms. The molecule has 29 heavy (non-hydrogen) atoms. The van der Waals surface area contributed by atoms with Gasteiger partial charge >= 0.3 is 5.97 Å². The molecule has 0 saturated carbocycles. The molecular weight excluding hydrogens is 376 g/mol. The van der Waals surface area contributed by atoms with Gasteiger partial charge in [0.05, 0.1) is 16.5 Å². The van der Waals surface area contributed by atoms with Gasteiger partial charge in [-0.3, -0.25) is 19.0 Å². The molecular formula is C20H22N4O5. The summed E-state index contributed by atoms with van der Waals surface area (Å²) in [6, 6.07) is 4.63. The van der Waals surface area contributed by atoms with Gasteiger partial charge in [0.1, 0.15) is 5.82 Å². The summed E-state index contributed by atoms with van der Waals surface area (Å²) in [6.45, 7) is 3.60. The number of nitrogens with zero attached hydrogens (tertiary/aromatic N) is 4. The highest BCUT2D eigenvalue weighted by Crippen LogP contribution is 2.16. The number of piperazine rings is 1. The second-order valence-corrected chi connectivity index (χ2v) is 7.28. The molecule has 9 heteroatoms. The highest BCUT2D eigenvalue weighted by atomic mass is 16.5. The van der Waals surface area contributed by atoms with E-state index in [2.05, 4.69) is 4.98 Å². The maximum Gasteiger partial charge on any atom is 0.338 e. The van der Waals surface area contributed by atoms with Crippen molar-refractivity contribution < 1.29 is 19.1 Å². The summed E-state index contributed by atoms with van der Waals surface area (Å²) in [5, 5.41) is 0.464. The van der Waals surface area contributed by atoms with Gasteiger partial charge in [-0.15, -0.1) is 0 Å². The third-order valence-corrected chi connectivity index (χ3v) is 5.46. The van der Waals surface area contributed by atoms with Crippen LogP contribution >= 0.6 is 0 Å². The topological polar surface area (TPSA) is 102 Å². The summed E-state index contributed by atoms with van der Waals surface area (Å²) in [6.07, 6.45) is 1.63. The second kappa shape index (κ2) is 7.65. The zero-order valence-electron chi connectivity index (χ0n) is 16.2. The van der Waals surface area contributed by atoms with Crippen LogP contribution in [0.25, 0.3) is 10.9 Å². The van der Waals surface area contributed by atoms with Crippen LogP contribution in [0.4, 0.5) is 0 Å². The van der Waals surface area contributed by atoms with Crippen LogP contribution in [0.3, 0.4) is 0 Å². The van der Waals surface area contributed by atoms with Crippen molar-refractivity contribution >= 4 is 28.7 Å². The van der Waals surface area contributed by atoms with Gasteiger partial charge in [-0.05, 0) is 24.6 Å². The molecule has 2 aliphatic heterocycles. The van der Waals surface area contributed by atoms with E-state index in [1.807, 2.05) is 0 Å². The number of fused-ring (bicyclic) bond motifs is 2. The van der Waals surface area contributed by atoms with Crippen molar-refractivity contribution in [2.24, 2.45) is 0 Å². The summed E-state index contributed by atoms with van der Waals surface area (Å²) in [5.74, 6) is -0.215. The minimum absolute atomic E-state index is 0.0151. The summed E-state index contributed by atoms with van der Waals surface area (Å²) in [5.41, 5.74) is 0.619. The van der Waals surface area contributed by atoms with E-state index >= 15 is 0 Å². The first-order valence-electron chi connectivity index (χ1n) is 9.68. The monoisotopic (exact) mass is 398 g/mol. The van der Waals surface area contributed by atoms with Crippen LogP contribution in [-0.2, 0) is 27.3 Å². The third kappa shape index (κ3) is 3.72. The maximum atomic E-state index is 12.5. The lowest BCUT2D eigenvalue weighted by Gasteiger charge is -2.34. The molecule has 2 amide bonds. The Kier molecular flexibility index (Phi) is 5.04. The van der Waals surface area contributed by atoms with Crippen molar-refractivity contribution in [2.75, 3.05) is 32.8 Å². The lowest BCUT2D eigenvalue weighted by Crippen LogP contribution is -2.51. The predicted octanol–water partition coefficient (Wildman–Crippen LogP) is 0.190. The highest BCUT2D eigenvalue weighted by Gasteiger charge is 2.23. The number of esters is 1. The van der Waals surface area contributed by atoms with E-state index in [4.69, 9.17) is 4.74 Å². The summed E-state index contributed by atoms with van der Waals surface area (Å²) in [4.78, 5) is 56.3. The standard InChI is InChI=1S/C20H22N4O5/c1-13(25)22-7-9-23(10-8-22)18(26)12-29-20(28)14-4-5-15-16(11-14)21-17-3-2-6-24(17)19(15)27/h4-5,11H,2-3,6-10,12H2,1H3. The molecule has 0 bridgehead atoms. The van der Waals surface area contributed by atoms with Crippen molar-refractivity contribution in [3.8, 4) is 0 Å². The zero-order valence-corrected chi connectivity index (χ0v) is 16.2. The molecule has 4 rings (SSSR count). The number of rotatable bonds is 3. The van der Waals surface area contributed by atoms with Gasteiger partial charge in [-0.25, -0.2) is 9.78 Å². The van der Waals surface area contributed by atoms with Gasteiger partial charge in [0.15, 0.2) is 6.61 Å². The third-order valence-electron chi connectivity index (χ3n) is 5.46. The van der Waals surface area contributed by atoms with Crippen molar-refractivity contribution in [1.29, 1.82) is 0 Å². The summed E-state index contributed by atoms with van der Waals surface area (Å²) >= 11 is 0. The fourth-order valence-electron chi connectivity index (χ4n) is 3.78. The van der Waals surface area contributed by atoms with E-state index in [-0.39, 0.29) is 29.5 Å². The van der Waals surface area contributed by atoms with E-state index in [9.17, 15) is 19.2 Å². The zero-order chi connectivity index (χ0) is 20.5. The maximum absolute atomic E-state index is 12.5. The van der Waals surface area contributed by atoms with E-state index in [0.717, 1.165) is 18.7 Å². The quantitative estimate of drug-likeness (QED) is 0.684. The fourth-order valence-corrected chi connectivity index (χ4v) is 3.78. The van der Waals surface area contributed by atoms with Gasteiger partial charge < -0.3 is 14.5 Å². The largest absolute Gasteiger partial charge is 0.452 e. The number of amides is 2. The molecule has 1 aromatic heterocycles. The fraction of sp³-hybridized carbons (Fsp3) is 0.450. The van der Waals surface area contributed by atoms with Gasteiger partial charge in [-0.2, -0.15) is 0 Å². The Morgan fingerprint density at radius 1 is 1.07 bits per heavy atom. The van der Waals surface area contributed by atoms with Crippen LogP contribution in [-0.4, -0.2) is 69.9 Å². The van der Waals surface area contributed by atoms with E-state index in [1.165, 1.54) is 19.1 Å². The molecule has 3 heterocycles. The number of benzene rings is 1. The Morgan fingerprint density at radius 2 is 1.79 bits per heavy atom. The molecule has 2 aliphatic rings. The highest BCUT2D eigenvalue weighted by molar-refractivity contribution is 5.95. The molecule has 0 N–H and O–H groups in total. The first-order valence-corrected chi connectivity index (χ1v) is 9.68. The van der Waals surface area contributed by atoms with Crippen molar-refractivity contribution in [1.82, 2.24) is 19.4 Å². The van der Waals surface area contributed by atoms with Crippen LogP contribution in [0.2, 0.25) is 0 Å². The number of aryl methyl sites for hydroxylation is 1. The SMILES string of the molecule is CC(=O)N1CCN(C(=O)COC(=O)c2ccc3c(=O)n4c(nc3c2)CCC4)CC1. The average Bonchev–Trinajstić information content (AvgIpc) is 3.20. The lowest BCUT2D eigenvalue weighted by molar-refractivity contribution is -0.140. The van der Waals surface area contributed by atoms with Crippen LogP contribution in [0, 0.1) is 0 Å². The lowest BCUT2D eigenvalue weighted by atomic mass is 10.1.